The minimum absolute atomic E-state index is 0.0804. The lowest BCUT2D eigenvalue weighted by Gasteiger charge is -2.18. The van der Waals surface area contributed by atoms with E-state index < -0.39 is 10.0 Å². The van der Waals surface area contributed by atoms with Gasteiger partial charge < -0.3 is 9.88 Å². The van der Waals surface area contributed by atoms with Crippen molar-refractivity contribution in [1.29, 1.82) is 0 Å². The van der Waals surface area contributed by atoms with E-state index in [2.05, 4.69) is 36.3 Å². The lowest BCUT2D eigenvalue weighted by molar-refractivity contribution is -0.116. The number of amides is 1. The van der Waals surface area contributed by atoms with E-state index in [1.165, 1.54) is 9.87 Å². The average Bonchev–Trinajstić information content (AvgIpc) is 3.13. The Morgan fingerprint density at radius 1 is 1.09 bits per heavy atom. The molecular formula is C25H34N4O3S. The van der Waals surface area contributed by atoms with Crippen molar-refractivity contribution in [3.8, 4) is 0 Å². The second-order valence-electron chi connectivity index (χ2n) is 8.31. The molecule has 1 N–H and O–H groups in total. The molecule has 1 aromatic heterocycles. The molecule has 0 spiro atoms. The van der Waals surface area contributed by atoms with E-state index in [1.54, 1.807) is 18.2 Å². The Labute approximate surface area is 196 Å². The van der Waals surface area contributed by atoms with Crippen LogP contribution in [0.25, 0.3) is 11.0 Å². The van der Waals surface area contributed by atoms with E-state index in [1.807, 2.05) is 37.6 Å². The molecule has 1 unspecified atom stereocenters. The fraction of sp³-hybridized carbons (Fsp3) is 0.440. The number of nitrogens with zero attached hydrogens (tertiary/aromatic N) is 3. The number of hydrogen-bond acceptors (Lipinski definition) is 4. The van der Waals surface area contributed by atoms with Gasteiger partial charge in [0.25, 0.3) is 0 Å². The molecule has 1 amide bonds. The van der Waals surface area contributed by atoms with E-state index in [4.69, 9.17) is 0 Å². The highest BCUT2D eigenvalue weighted by atomic mass is 32.2. The SMILES string of the molecule is CCC(C)c1ccc(NC(=O)CCc2nc3cc(S(=O)(=O)N(CC)CC)ccc3n2C)cc1. The highest BCUT2D eigenvalue weighted by Gasteiger charge is 2.22. The number of fused-ring (bicyclic) bond motifs is 1. The predicted octanol–water partition coefficient (Wildman–Crippen LogP) is 4.69. The first-order valence-corrected chi connectivity index (χ1v) is 13.0. The summed E-state index contributed by atoms with van der Waals surface area (Å²) in [6.45, 7) is 8.82. The van der Waals surface area contributed by atoms with E-state index in [-0.39, 0.29) is 17.2 Å². The maximum atomic E-state index is 12.8. The smallest absolute Gasteiger partial charge is 0.243 e. The van der Waals surface area contributed by atoms with E-state index in [9.17, 15) is 13.2 Å². The van der Waals surface area contributed by atoms with Crippen molar-refractivity contribution < 1.29 is 13.2 Å². The monoisotopic (exact) mass is 470 g/mol. The Bertz CT molecular complexity index is 1210. The summed E-state index contributed by atoms with van der Waals surface area (Å²) in [5, 5.41) is 2.94. The van der Waals surface area contributed by atoms with E-state index in [0.717, 1.165) is 23.4 Å². The first-order valence-electron chi connectivity index (χ1n) is 11.6. The summed E-state index contributed by atoms with van der Waals surface area (Å²) in [6.07, 6.45) is 1.82. The van der Waals surface area contributed by atoms with Gasteiger partial charge in [-0.25, -0.2) is 13.4 Å². The minimum Gasteiger partial charge on any atom is -0.331 e. The lowest BCUT2D eigenvalue weighted by atomic mass is 9.99. The lowest BCUT2D eigenvalue weighted by Crippen LogP contribution is -2.30. The number of nitrogens with one attached hydrogen (secondary N) is 1. The van der Waals surface area contributed by atoms with Gasteiger partial charge >= 0.3 is 0 Å². The Morgan fingerprint density at radius 2 is 1.76 bits per heavy atom. The van der Waals surface area contributed by atoms with Gasteiger partial charge in [0.15, 0.2) is 0 Å². The molecule has 0 aliphatic rings. The van der Waals surface area contributed by atoms with Crippen LogP contribution in [0.5, 0.6) is 0 Å². The average molecular weight is 471 g/mol. The Kier molecular flexibility index (Phi) is 7.92. The van der Waals surface area contributed by atoms with Gasteiger partial charge in [0, 0.05) is 38.7 Å². The van der Waals surface area contributed by atoms with Crippen LogP contribution in [0.3, 0.4) is 0 Å². The van der Waals surface area contributed by atoms with Crippen molar-refractivity contribution in [2.45, 2.75) is 57.8 Å². The Hall–Kier alpha value is -2.71. The Balaban J connectivity index is 1.70. The van der Waals surface area contributed by atoms with Crippen LogP contribution in [-0.2, 0) is 28.3 Å². The zero-order valence-corrected chi connectivity index (χ0v) is 20.9. The molecule has 0 saturated heterocycles. The molecule has 0 radical (unpaired) electrons. The largest absolute Gasteiger partial charge is 0.331 e. The molecule has 3 aromatic rings. The van der Waals surface area contributed by atoms with Crippen LogP contribution < -0.4 is 5.32 Å². The maximum absolute atomic E-state index is 12.8. The molecule has 1 atom stereocenters. The van der Waals surface area contributed by atoms with Crippen molar-refractivity contribution in [1.82, 2.24) is 13.9 Å². The molecule has 3 rings (SSSR count). The highest BCUT2D eigenvalue weighted by molar-refractivity contribution is 7.89. The van der Waals surface area contributed by atoms with Gasteiger partial charge in [0.1, 0.15) is 5.82 Å². The molecule has 0 fully saturated rings. The molecule has 1 heterocycles. The first kappa shape index (κ1) is 24.9. The fourth-order valence-corrected chi connectivity index (χ4v) is 5.38. The molecule has 0 aliphatic carbocycles. The number of aryl methyl sites for hydroxylation is 2. The summed E-state index contributed by atoms with van der Waals surface area (Å²) in [6, 6.07) is 13.0. The quantitative estimate of drug-likeness (QED) is 0.466. The normalized spacial score (nSPS) is 12.9. The number of imidazole rings is 1. The van der Waals surface area contributed by atoms with Gasteiger partial charge in [-0.15, -0.1) is 0 Å². The highest BCUT2D eigenvalue weighted by Crippen LogP contribution is 2.23. The van der Waals surface area contributed by atoms with Crippen molar-refractivity contribution in [3.63, 3.8) is 0 Å². The van der Waals surface area contributed by atoms with Gasteiger partial charge in [-0.3, -0.25) is 4.79 Å². The number of anilines is 1. The topological polar surface area (TPSA) is 84.3 Å². The van der Waals surface area contributed by atoms with Gasteiger partial charge in [-0.1, -0.05) is 39.8 Å². The fourth-order valence-electron chi connectivity index (χ4n) is 3.91. The second-order valence-corrected chi connectivity index (χ2v) is 10.2. The van der Waals surface area contributed by atoms with Crippen molar-refractivity contribution in [2.24, 2.45) is 7.05 Å². The zero-order chi connectivity index (χ0) is 24.2. The summed E-state index contributed by atoms with van der Waals surface area (Å²) >= 11 is 0. The van der Waals surface area contributed by atoms with Crippen LogP contribution in [0, 0.1) is 0 Å². The van der Waals surface area contributed by atoms with Gasteiger partial charge in [-0.05, 0) is 48.2 Å². The molecule has 0 saturated carbocycles. The van der Waals surface area contributed by atoms with Crippen LogP contribution in [0.1, 0.15) is 57.8 Å². The van der Waals surface area contributed by atoms with Crippen molar-refractivity contribution in [3.05, 3.63) is 53.9 Å². The Morgan fingerprint density at radius 3 is 2.36 bits per heavy atom. The first-order chi connectivity index (χ1) is 15.7. The predicted molar refractivity (Wildman–Crippen MR) is 133 cm³/mol. The summed E-state index contributed by atoms with van der Waals surface area (Å²) in [7, 11) is -1.66. The number of hydrogen-bond donors (Lipinski definition) is 1. The summed E-state index contributed by atoms with van der Waals surface area (Å²) in [4.78, 5) is 17.3. The number of rotatable bonds is 10. The van der Waals surface area contributed by atoms with Crippen molar-refractivity contribution in [2.75, 3.05) is 18.4 Å². The van der Waals surface area contributed by atoms with Crippen molar-refractivity contribution >= 4 is 32.7 Å². The molecule has 8 heteroatoms. The summed E-state index contributed by atoms with van der Waals surface area (Å²) in [5.74, 6) is 1.16. The van der Waals surface area contributed by atoms with Crippen LogP contribution in [0.2, 0.25) is 0 Å². The minimum atomic E-state index is -3.55. The molecule has 7 nitrogen and oxygen atoms in total. The third kappa shape index (κ3) is 5.45. The summed E-state index contributed by atoms with van der Waals surface area (Å²) < 4.78 is 29.0. The molecule has 33 heavy (non-hydrogen) atoms. The van der Waals surface area contributed by atoms with Gasteiger partial charge in [0.05, 0.1) is 15.9 Å². The van der Waals surface area contributed by atoms with E-state index >= 15 is 0 Å². The number of carbonyl (C=O) groups excluding carboxylic acids is 1. The number of aromatic nitrogens is 2. The number of benzene rings is 2. The molecule has 2 aromatic carbocycles. The third-order valence-corrected chi connectivity index (χ3v) is 8.29. The van der Waals surface area contributed by atoms with Crippen LogP contribution in [0.4, 0.5) is 5.69 Å². The third-order valence-electron chi connectivity index (χ3n) is 6.24. The standard InChI is InChI=1S/C25H34N4O3S/c1-6-18(4)19-9-11-20(12-10-19)26-25(30)16-15-24-27-22-17-21(13-14-23(22)28(24)5)33(31,32)29(7-2)8-3/h9-14,17-18H,6-8,15-16H2,1-5H3,(H,26,30). The molecule has 0 bridgehead atoms. The number of sulfonamides is 1. The van der Waals surface area contributed by atoms with Crippen LogP contribution >= 0.6 is 0 Å². The zero-order valence-electron chi connectivity index (χ0n) is 20.1. The second kappa shape index (κ2) is 10.5. The summed E-state index contributed by atoms with van der Waals surface area (Å²) in [5.41, 5.74) is 3.49. The molecular weight excluding hydrogens is 436 g/mol. The number of carbonyl (C=O) groups is 1. The maximum Gasteiger partial charge on any atom is 0.243 e. The molecule has 178 valence electrons. The van der Waals surface area contributed by atoms with Gasteiger partial charge in [0.2, 0.25) is 15.9 Å². The van der Waals surface area contributed by atoms with Crippen LogP contribution in [-0.4, -0.2) is 41.3 Å². The molecule has 0 aliphatic heterocycles. The van der Waals surface area contributed by atoms with Crippen LogP contribution in [0.15, 0.2) is 47.4 Å². The van der Waals surface area contributed by atoms with E-state index in [0.29, 0.717) is 30.9 Å². The van der Waals surface area contributed by atoms with Gasteiger partial charge in [-0.2, -0.15) is 4.31 Å².